The van der Waals surface area contributed by atoms with E-state index in [1.54, 1.807) is 0 Å². The zero-order valence-electron chi connectivity index (χ0n) is 11.3. The van der Waals surface area contributed by atoms with Gasteiger partial charge in [-0.05, 0) is 25.3 Å². The molecule has 0 radical (unpaired) electrons. The molecule has 0 bridgehead atoms. The first-order chi connectivity index (χ1) is 9.80. The molecule has 0 atom stereocenters. The van der Waals surface area contributed by atoms with Crippen LogP contribution in [0.15, 0.2) is 23.1 Å². The number of benzene rings is 1. The van der Waals surface area contributed by atoms with Crippen LogP contribution in [0.1, 0.15) is 19.3 Å². The molecule has 1 saturated carbocycles. The smallest absolute Gasteiger partial charge is 0.304 e. The van der Waals surface area contributed by atoms with Crippen LogP contribution in [0.25, 0.3) is 0 Å². The molecule has 0 unspecified atom stereocenters. The van der Waals surface area contributed by atoms with Gasteiger partial charge in [0.1, 0.15) is 0 Å². The molecule has 0 amide bonds. The molecule has 0 aliphatic heterocycles. The van der Waals surface area contributed by atoms with Gasteiger partial charge >= 0.3 is 5.69 Å². The van der Waals surface area contributed by atoms with Crippen molar-refractivity contribution in [1.82, 2.24) is 4.72 Å². The molecule has 1 aliphatic carbocycles. The Hall–Kier alpha value is -1.58. The predicted molar refractivity (Wildman–Crippen MR) is 71.8 cm³/mol. The van der Waals surface area contributed by atoms with E-state index in [-0.39, 0.29) is 11.4 Å². The normalized spacial score (nSPS) is 17.2. The molecular weight excluding hydrogens is 303 g/mol. The summed E-state index contributed by atoms with van der Waals surface area (Å²) in [5.41, 5.74) is -1.27. The summed E-state index contributed by atoms with van der Waals surface area (Å²) in [6, 6.07) is 2.48. The van der Waals surface area contributed by atoms with Gasteiger partial charge in [-0.15, -0.1) is 0 Å². The maximum absolute atomic E-state index is 13.5. The monoisotopic (exact) mass is 318 g/mol. The van der Waals surface area contributed by atoms with Crippen LogP contribution in [0.4, 0.5) is 10.1 Å². The van der Waals surface area contributed by atoms with E-state index in [4.69, 9.17) is 4.74 Å². The standard InChI is InChI=1S/C12H15FN2O5S/c1-20-12(5-2-6-12)8-14-21(18,19)9-3-4-11(15(16)17)10(13)7-9/h3-4,7,14H,2,5-6,8H2,1H3. The molecule has 2 rings (SSSR count). The van der Waals surface area contributed by atoms with Crippen molar-refractivity contribution in [2.75, 3.05) is 13.7 Å². The van der Waals surface area contributed by atoms with Crippen LogP contribution in [0, 0.1) is 15.9 Å². The number of nitro groups is 1. The average molecular weight is 318 g/mol. The minimum atomic E-state index is -3.94. The maximum atomic E-state index is 13.5. The summed E-state index contributed by atoms with van der Waals surface area (Å²) in [5.74, 6) is -1.19. The number of hydrogen-bond acceptors (Lipinski definition) is 5. The number of nitro benzene ring substituents is 1. The molecule has 116 valence electrons. The molecule has 0 heterocycles. The van der Waals surface area contributed by atoms with E-state index in [2.05, 4.69) is 4.72 Å². The van der Waals surface area contributed by atoms with Crippen LogP contribution >= 0.6 is 0 Å². The highest BCUT2D eigenvalue weighted by molar-refractivity contribution is 7.89. The molecular formula is C12H15FN2O5S. The molecule has 1 N–H and O–H groups in total. The molecule has 7 nitrogen and oxygen atoms in total. The lowest BCUT2D eigenvalue weighted by atomic mass is 9.80. The van der Waals surface area contributed by atoms with Gasteiger partial charge < -0.3 is 4.74 Å². The number of rotatable bonds is 6. The number of methoxy groups -OCH3 is 1. The minimum absolute atomic E-state index is 0.0877. The third-order valence-electron chi connectivity index (χ3n) is 3.71. The van der Waals surface area contributed by atoms with E-state index >= 15 is 0 Å². The summed E-state index contributed by atoms with van der Waals surface area (Å²) in [6.07, 6.45) is 2.46. The highest BCUT2D eigenvalue weighted by Crippen LogP contribution is 2.34. The Balaban J connectivity index is 2.16. The summed E-state index contributed by atoms with van der Waals surface area (Å²) in [5, 5.41) is 10.5. The Labute approximate surface area is 121 Å². The minimum Gasteiger partial charge on any atom is -0.377 e. The Morgan fingerprint density at radius 1 is 1.48 bits per heavy atom. The van der Waals surface area contributed by atoms with Gasteiger partial charge in [-0.3, -0.25) is 10.1 Å². The Morgan fingerprint density at radius 3 is 2.57 bits per heavy atom. The maximum Gasteiger partial charge on any atom is 0.304 e. The molecule has 1 fully saturated rings. The van der Waals surface area contributed by atoms with Crippen molar-refractivity contribution in [2.45, 2.75) is 29.8 Å². The first-order valence-corrected chi connectivity index (χ1v) is 7.77. The fraction of sp³-hybridized carbons (Fsp3) is 0.500. The van der Waals surface area contributed by atoms with Gasteiger partial charge in [0.05, 0.1) is 15.4 Å². The Bertz CT molecular complexity index is 652. The van der Waals surface area contributed by atoms with Crippen LogP contribution < -0.4 is 4.72 Å². The quantitative estimate of drug-likeness (QED) is 0.634. The molecule has 0 saturated heterocycles. The van der Waals surface area contributed by atoms with E-state index in [1.807, 2.05) is 0 Å². The summed E-state index contributed by atoms with van der Waals surface area (Å²) < 4.78 is 45.3. The van der Waals surface area contributed by atoms with Gasteiger partial charge in [0.2, 0.25) is 15.8 Å². The lowest BCUT2D eigenvalue weighted by Gasteiger charge is -2.40. The zero-order valence-corrected chi connectivity index (χ0v) is 12.2. The van der Waals surface area contributed by atoms with E-state index in [1.165, 1.54) is 7.11 Å². The van der Waals surface area contributed by atoms with Crippen molar-refractivity contribution in [2.24, 2.45) is 0 Å². The molecule has 0 aromatic heterocycles. The third kappa shape index (κ3) is 3.20. The fourth-order valence-electron chi connectivity index (χ4n) is 2.14. The second kappa shape index (κ2) is 5.66. The van der Waals surface area contributed by atoms with Crippen LogP contribution in [-0.4, -0.2) is 32.6 Å². The van der Waals surface area contributed by atoms with Crippen LogP contribution in [0.3, 0.4) is 0 Å². The topological polar surface area (TPSA) is 98.5 Å². The summed E-state index contributed by atoms with van der Waals surface area (Å²) in [4.78, 5) is 9.25. The molecule has 1 aromatic carbocycles. The van der Waals surface area contributed by atoms with Crippen molar-refractivity contribution in [3.05, 3.63) is 34.1 Å². The van der Waals surface area contributed by atoms with Crippen LogP contribution in [0.2, 0.25) is 0 Å². The number of ether oxygens (including phenoxy) is 1. The highest BCUT2D eigenvalue weighted by atomic mass is 32.2. The van der Waals surface area contributed by atoms with Crippen molar-refractivity contribution >= 4 is 15.7 Å². The van der Waals surface area contributed by atoms with Gasteiger partial charge in [0, 0.05) is 25.8 Å². The lowest BCUT2D eigenvalue weighted by Crippen LogP contribution is -2.49. The first-order valence-electron chi connectivity index (χ1n) is 6.28. The largest absolute Gasteiger partial charge is 0.377 e. The second-order valence-corrected chi connectivity index (χ2v) is 6.70. The Morgan fingerprint density at radius 2 is 2.14 bits per heavy atom. The summed E-state index contributed by atoms with van der Waals surface area (Å²) in [6.45, 7) is 0.0877. The molecule has 0 spiro atoms. The van der Waals surface area contributed by atoms with E-state index in [0.717, 1.165) is 31.4 Å². The van der Waals surface area contributed by atoms with Gasteiger partial charge in [0.25, 0.3) is 0 Å². The molecule has 1 aromatic rings. The van der Waals surface area contributed by atoms with E-state index in [0.29, 0.717) is 6.07 Å². The molecule has 1 aliphatic rings. The SMILES string of the molecule is COC1(CNS(=O)(=O)c2ccc([N+](=O)[O-])c(F)c2)CCC1. The lowest BCUT2D eigenvalue weighted by molar-refractivity contribution is -0.387. The zero-order chi connectivity index (χ0) is 15.7. The highest BCUT2D eigenvalue weighted by Gasteiger charge is 2.38. The average Bonchev–Trinajstić information content (AvgIpc) is 2.37. The number of hydrogen-bond donors (Lipinski definition) is 1. The van der Waals surface area contributed by atoms with Gasteiger partial charge in [-0.1, -0.05) is 0 Å². The van der Waals surface area contributed by atoms with Crippen molar-refractivity contribution in [1.29, 1.82) is 0 Å². The predicted octanol–water partition coefficient (Wildman–Crippen LogP) is 1.58. The number of nitrogens with zero attached hydrogens (tertiary/aromatic N) is 1. The van der Waals surface area contributed by atoms with Crippen molar-refractivity contribution in [3.63, 3.8) is 0 Å². The van der Waals surface area contributed by atoms with Gasteiger partial charge in [-0.25, -0.2) is 13.1 Å². The van der Waals surface area contributed by atoms with Crippen LogP contribution in [0.5, 0.6) is 0 Å². The first kappa shape index (κ1) is 15.8. The van der Waals surface area contributed by atoms with Crippen LogP contribution in [-0.2, 0) is 14.8 Å². The second-order valence-electron chi connectivity index (χ2n) is 4.94. The van der Waals surface area contributed by atoms with Crippen molar-refractivity contribution in [3.8, 4) is 0 Å². The third-order valence-corrected chi connectivity index (χ3v) is 5.11. The summed E-state index contributed by atoms with van der Waals surface area (Å²) in [7, 11) is -2.42. The van der Waals surface area contributed by atoms with Gasteiger partial charge in [-0.2, -0.15) is 4.39 Å². The van der Waals surface area contributed by atoms with E-state index in [9.17, 15) is 22.9 Å². The number of nitrogens with one attached hydrogen (secondary N) is 1. The summed E-state index contributed by atoms with van der Waals surface area (Å²) >= 11 is 0. The molecule has 9 heteroatoms. The van der Waals surface area contributed by atoms with Crippen molar-refractivity contribution < 1.29 is 22.5 Å². The molecule has 21 heavy (non-hydrogen) atoms. The number of halogens is 1. The fourth-order valence-corrected chi connectivity index (χ4v) is 3.26. The van der Waals surface area contributed by atoms with Gasteiger partial charge in [0.15, 0.2) is 0 Å². The van der Waals surface area contributed by atoms with E-state index < -0.39 is 32.1 Å². The Kier molecular flexibility index (Phi) is 4.26. The number of sulfonamides is 1.